The average molecular weight is 266 g/mol. The van der Waals surface area contributed by atoms with Crippen LogP contribution in [0.2, 0.25) is 0 Å². The van der Waals surface area contributed by atoms with Crippen LogP contribution in [-0.2, 0) is 4.79 Å². The predicted octanol–water partition coefficient (Wildman–Crippen LogP) is 2.64. The SMILES string of the molecule is CNCC(=O)NC(CC(C)(C)C)c1ccc(F)cc1. The van der Waals surface area contributed by atoms with Crippen LogP contribution in [0.3, 0.4) is 0 Å². The minimum absolute atomic E-state index is 0.0546. The molecule has 1 aromatic carbocycles. The largest absolute Gasteiger partial charge is 0.348 e. The van der Waals surface area contributed by atoms with Crippen LogP contribution in [0.25, 0.3) is 0 Å². The van der Waals surface area contributed by atoms with E-state index in [2.05, 4.69) is 31.4 Å². The second-order valence-corrected chi connectivity index (χ2v) is 5.97. The Bertz CT molecular complexity index is 409. The third kappa shape index (κ3) is 5.83. The van der Waals surface area contributed by atoms with E-state index in [4.69, 9.17) is 0 Å². The van der Waals surface area contributed by atoms with Crippen LogP contribution in [0.5, 0.6) is 0 Å². The van der Waals surface area contributed by atoms with Gasteiger partial charge in [-0.15, -0.1) is 0 Å². The fourth-order valence-corrected chi connectivity index (χ4v) is 1.97. The Morgan fingerprint density at radius 1 is 1.26 bits per heavy atom. The summed E-state index contributed by atoms with van der Waals surface area (Å²) in [5, 5.41) is 5.81. The van der Waals surface area contributed by atoms with E-state index in [0.717, 1.165) is 12.0 Å². The van der Waals surface area contributed by atoms with Gasteiger partial charge in [0.2, 0.25) is 5.91 Å². The summed E-state index contributed by atoms with van der Waals surface area (Å²) in [6.07, 6.45) is 0.800. The number of benzene rings is 1. The molecular formula is C15H23FN2O. The van der Waals surface area contributed by atoms with Gasteiger partial charge in [-0.3, -0.25) is 4.79 Å². The molecule has 3 nitrogen and oxygen atoms in total. The first-order valence-electron chi connectivity index (χ1n) is 6.51. The van der Waals surface area contributed by atoms with Crippen molar-refractivity contribution in [1.82, 2.24) is 10.6 Å². The van der Waals surface area contributed by atoms with Crippen molar-refractivity contribution >= 4 is 5.91 Å². The lowest BCUT2D eigenvalue weighted by Crippen LogP contribution is -2.36. The highest BCUT2D eigenvalue weighted by molar-refractivity contribution is 5.78. The third-order valence-corrected chi connectivity index (χ3v) is 2.76. The molecule has 0 aromatic heterocycles. The van der Waals surface area contributed by atoms with Crippen LogP contribution >= 0.6 is 0 Å². The van der Waals surface area contributed by atoms with Gasteiger partial charge in [0.15, 0.2) is 0 Å². The molecule has 0 aliphatic carbocycles. The van der Waals surface area contributed by atoms with E-state index in [1.807, 2.05) is 0 Å². The number of carbonyl (C=O) groups excluding carboxylic acids is 1. The molecule has 0 saturated heterocycles. The zero-order valence-electron chi connectivity index (χ0n) is 12.1. The second kappa shape index (κ2) is 6.66. The molecule has 2 N–H and O–H groups in total. The number of rotatable bonds is 5. The molecule has 0 spiro atoms. The maximum Gasteiger partial charge on any atom is 0.234 e. The van der Waals surface area contributed by atoms with Gasteiger partial charge in [0.25, 0.3) is 0 Å². The van der Waals surface area contributed by atoms with Gasteiger partial charge in [-0.1, -0.05) is 32.9 Å². The van der Waals surface area contributed by atoms with Crippen molar-refractivity contribution in [3.8, 4) is 0 Å². The Hall–Kier alpha value is -1.42. The highest BCUT2D eigenvalue weighted by Gasteiger charge is 2.21. The van der Waals surface area contributed by atoms with Gasteiger partial charge in [0.05, 0.1) is 12.6 Å². The smallest absolute Gasteiger partial charge is 0.234 e. The fourth-order valence-electron chi connectivity index (χ4n) is 1.97. The quantitative estimate of drug-likeness (QED) is 0.860. The van der Waals surface area contributed by atoms with Crippen LogP contribution in [0.4, 0.5) is 4.39 Å². The van der Waals surface area contributed by atoms with Crippen molar-refractivity contribution < 1.29 is 9.18 Å². The Morgan fingerprint density at radius 2 is 1.84 bits per heavy atom. The van der Waals surface area contributed by atoms with Gasteiger partial charge in [-0.2, -0.15) is 0 Å². The van der Waals surface area contributed by atoms with E-state index < -0.39 is 0 Å². The summed E-state index contributed by atoms with van der Waals surface area (Å²) in [7, 11) is 1.73. The summed E-state index contributed by atoms with van der Waals surface area (Å²) in [6.45, 7) is 6.64. The van der Waals surface area contributed by atoms with Crippen molar-refractivity contribution in [3.63, 3.8) is 0 Å². The lowest BCUT2D eigenvalue weighted by Gasteiger charge is -2.27. The topological polar surface area (TPSA) is 41.1 Å². The molecular weight excluding hydrogens is 243 g/mol. The number of hydrogen-bond donors (Lipinski definition) is 2. The van der Waals surface area contributed by atoms with Gasteiger partial charge in [0, 0.05) is 0 Å². The highest BCUT2D eigenvalue weighted by atomic mass is 19.1. The molecule has 0 heterocycles. The second-order valence-electron chi connectivity index (χ2n) is 5.97. The zero-order valence-corrected chi connectivity index (χ0v) is 12.1. The van der Waals surface area contributed by atoms with Crippen LogP contribution in [-0.4, -0.2) is 19.5 Å². The summed E-state index contributed by atoms with van der Waals surface area (Å²) >= 11 is 0. The monoisotopic (exact) mass is 266 g/mol. The van der Waals surface area contributed by atoms with Gasteiger partial charge >= 0.3 is 0 Å². The number of likely N-dealkylation sites (N-methyl/N-ethyl adjacent to an activating group) is 1. The first kappa shape index (κ1) is 15.6. The van der Waals surface area contributed by atoms with Crippen LogP contribution < -0.4 is 10.6 Å². The lowest BCUT2D eigenvalue weighted by molar-refractivity contribution is -0.121. The minimum Gasteiger partial charge on any atom is -0.348 e. The number of nitrogens with one attached hydrogen (secondary N) is 2. The fraction of sp³-hybridized carbons (Fsp3) is 0.533. The molecule has 19 heavy (non-hydrogen) atoms. The summed E-state index contributed by atoms with van der Waals surface area (Å²) in [6, 6.07) is 6.21. The Labute approximate surface area is 114 Å². The lowest BCUT2D eigenvalue weighted by atomic mass is 9.85. The van der Waals surface area contributed by atoms with Gasteiger partial charge in [-0.25, -0.2) is 4.39 Å². The number of amides is 1. The molecule has 1 amide bonds. The molecule has 106 valence electrons. The molecule has 1 unspecified atom stereocenters. The van der Waals surface area contributed by atoms with Crippen molar-refractivity contribution in [2.45, 2.75) is 33.2 Å². The first-order chi connectivity index (χ1) is 8.81. The van der Waals surface area contributed by atoms with E-state index in [0.29, 0.717) is 0 Å². The molecule has 4 heteroatoms. The van der Waals surface area contributed by atoms with Crippen molar-refractivity contribution in [2.24, 2.45) is 5.41 Å². The molecule has 1 rings (SSSR count). The number of carbonyl (C=O) groups is 1. The first-order valence-corrected chi connectivity index (χ1v) is 6.51. The summed E-state index contributed by atoms with van der Waals surface area (Å²) < 4.78 is 13.0. The highest BCUT2D eigenvalue weighted by Crippen LogP contribution is 2.29. The molecule has 0 radical (unpaired) electrons. The standard InChI is InChI=1S/C15H23FN2O/c1-15(2,3)9-13(18-14(19)10-17-4)11-5-7-12(16)8-6-11/h5-8,13,17H,9-10H2,1-4H3,(H,18,19). The molecule has 0 fully saturated rings. The number of halogens is 1. The maximum atomic E-state index is 13.0. The maximum absolute atomic E-state index is 13.0. The number of hydrogen-bond acceptors (Lipinski definition) is 2. The third-order valence-electron chi connectivity index (χ3n) is 2.76. The average Bonchev–Trinajstić information content (AvgIpc) is 2.27. The van der Waals surface area contributed by atoms with Gasteiger partial charge in [-0.05, 0) is 36.6 Å². The van der Waals surface area contributed by atoms with Gasteiger partial charge in [0.1, 0.15) is 5.82 Å². The summed E-state index contributed by atoms with van der Waals surface area (Å²) in [5.74, 6) is -0.319. The van der Waals surface area contributed by atoms with Gasteiger partial charge < -0.3 is 10.6 Å². The van der Waals surface area contributed by atoms with Crippen molar-refractivity contribution in [2.75, 3.05) is 13.6 Å². The molecule has 0 aliphatic heterocycles. The van der Waals surface area contributed by atoms with Crippen LogP contribution in [0, 0.1) is 11.2 Å². The van der Waals surface area contributed by atoms with E-state index in [-0.39, 0.29) is 29.7 Å². The molecule has 1 atom stereocenters. The van der Waals surface area contributed by atoms with E-state index >= 15 is 0 Å². The summed E-state index contributed by atoms with van der Waals surface area (Å²) in [5.41, 5.74) is 1.01. The minimum atomic E-state index is -0.264. The van der Waals surface area contributed by atoms with Crippen LogP contribution in [0.1, 0.15) is 38.8 Å². The normalized spacial score (nSPS) is 13.1. The Morgan fingerprint density at radius 3 is 2.32 bits per heavy atom. The van der Waals surface area contributed by atoms with E-state index in [1.165, 1.54) is 12.1 Å². The zero-order chi connectivity index (χ0) is 14.5. The predicted molar refractivity (Wildman–Crippen MR) is 75.3 cm³/mol. The van der Waals surface area contributed by atoms with Crippen molar-refractivity contribution in [1.29, 1.82) is 0 Å². The molecule has 0 saturated carbocycles. The Balaban J connectivity index is 2.85. The van der Waals surface area contributed by atoms with E-state index in [1.54, 1.807) is 19.2 Å². The molecule has 1 aromatic rings. The molecule has 0 aliphatic rings. The Kier molecular flexibility index (Phi) is 5.48. The summed E-state index contributed by atoms with van der Waals surface area (Å²) in [4.78, 5) is 11.7. The van der Waals surface area contributed by atoms with E-state index in [9.17, 15) is 9.18 Å². The van der Waals surface area contributed by atoms with Crippen LogP contribution in [0.15, 0.2) is 24.3 Å². The molecule has 0 bridgehead atoms. The van der Waals surface area contributed by atoms with Crippen molar-refractivity contribution in [3.05, 3.63) is 35.6 Å².